The lowest BCUT2D eigenvalue weighted by molar-refractivity contribution is -0.135. The molecule has 9 heteroatoms. The van der Waals surface area contributed by atoms with Crippen LogP contribution in [0.15, 0.2) is 52.4 Å². The molecular weight excluding hydrogens is 463 g/mol. The first kappa shape index (κ1) is 25.9. The van der Waals surface area contributed by atoms with Crippen molar-refractivity contribution in [2.45, 2.75) is 64.3 Å². The summed E-state index contributed by atoms with van der Waals surface area (Å²) in [6.45, 7) is 6.39. The lowest BCUT2D eigenvalue weighted by Crippen LogP contribution is -2.48. The molecule has 2 N–H and O–H groups in total. The molecular formula is C27H35FN4O4. The zero-order valence-electron chi connectivity index (χ0n) is 21.3. The van der Waals surface area contributed by atoms with Crippen LogP contribution in [0.4, 0.5) is 4.39 Å². The molecule has 194 valence electrons. The van der Waals surface area contributed by atoms with Crippen LogP contribution in [0, 0.1) is 5.82 Å². The lowest BCUT2D eigenvalue weighted by atomic mass is 9.92. The van der Waals surface area contributed by atoms with Gasteiger partial charge in [-0.2, -0.15) is 0 Å². The number of nitrogens with one attached hydrogen (secondary N) is 1. The first-order valence-corrected chi connectivity index (χ1v) is 12.6. The average molecular weight is 499 g/mol. The fourth-order valence-corrected chi connectivity index (χ4v) is 5.11. The van der Waals surface area contributed by atoms with Crippen LogP contribution in [-0.2, 0) is 14.3 Å². The number of aliphatic imine (C=N–C) groups is 1. The molecule has 0 aromatic heterocycles. The number of likely N-dealkylation sites (N-methyl/N-ethyl adjacent to an activating group) is 1. The number of ether oxygens (including phenoxy) is 1. The summed E-state index contributed by atoms with van der Waals surface area (Å²) in [5, 5.41) is 12.2. The first-order chi connectivity index (χ1) is 17.2. The molecule has 1 saturated heterocycles. The fourth-order valence-electron chi connectivity index (χ4n) is 5.11. The number of aliphatic hydroxyl groups excluding tert-OH is 1. The van der Waals surface area contributed by atoms with Crippen LogP contribution in [0.1, 0.15) is 45.6 Å². The number of benzene rings is 1. The van der Waals surface area contributed by atoms with E-state index < -0.39 is 12.6 Å². The van der Waals surface area contributed by atoms with Crippen molar-refractivity contribution in [3.05, 3.63) is 58.8 Å². The number of hydrogen-bond acceptors (Lipinski definition) is 6. The number of dihydropyridines is 1. The van der Waals surface area contributed by atoms with Gasteiger partial charge in [0.05, 0.1) is 17.9 Å². The third-order valence-corrected chi connectivity index (χ3v) is 6.96. The number of amides is 2. The number of halogens is 1. The van der Waals surface area contributed by atoms with Crippen LogP contribution in [-0.4, -0.2) is 83.4 Å². The third-order valence-electron chi connectivity index (χ3n) is 6.96. The monoisotopic (exact) mass is 498 g/mol. The van der Waals surface area contributed by atoms with Crippen LogP contribution >= 0.6 is 0 Å². The largest absolute Gasteiger partial charge is 0.491 e. The Labute approximate surface area is 211 Å². The van der Waals surface area contributed by atoms with Crippen LogP contribution in [0.2, 0.25) is 0 Å². The molecule has 4 rings (SSSR count). The summed E-state index contributed by atoms with van der Waals surface area (Å²) in [6.07, 6.45) is 3.98. The number of carbonyl (C=O) groups excluding carboxylic acids is 2. The number of fused-ring (bicyclic) bond motifs is 1. The smallest absolute Gasteiger partial charge is 0.271 e. The summed E-state index contributed by atoms with van der Waals surface area (Å²) in [7, 11) is 1.88. The first-order valence-electron chi connectivity index (χ1n) is 12.6. The number of rotatable bonds is 7. The number of hydrogen-bond donors (Lipinski definition) is 2. The van der Waals surface area contributed by atoms with Crippen molar-refractivity contribution in [1.82, 2.24) is 15.1 Å². The van der Waals surface area contributed by atoms with Crippen LogP contribution in [0.3, 0.4) is 0 Å². The summed E-state index contributed by atoms with van der Waals surface area (Å²) in [4.78, 5) is 33.9. The maximum absolute atomic E-state index is 13.6. The molecule has 36 heavy (non-hydrogen) atoms. The maximum atomic E-state index is 13.6. The molecule has 0 saturated carbocycles. The topological polar surface area (TPSA) is 94.5 Å². The molecule has 0 aliphatic carbocycles. The second-order valence-corrected chi connectivity index (χ2v) is 9.74. The number of likely N-dealkylation sites (tertiary alicyclic amines) is 1. The van der Waals surface area contributed by atoms with Gasteiger partial charge in [0.15, 0.2) is 5.76 Å². The van der Waals surface area contributed by atoms with Crippen molar-refractivity contribution in [2.75, 3.05) is 26.7 Å². The van der Waals surface area contributed by atoms with E-state index >= 15 is 0 Å². The van der Waals surface area contributed by atoms with Gasteiger partial charge in [-0.3, -0.25) is 14.6 Å². The van der Waals surface area contributed by atoms with Crippen LogP contribution in [0.25, 0.3) is 0 Å². The Morgan fingerprint density at radius 3 is 2.47 bits per heavy atom. The van der Waals surface area contributed by atoms with Gasteiger partial charge in [-0.1, -0.05) is 13.0 Å². The highest BCUT2D eigenvalue weighted by atomic mass is 19.1. The van der Waals surface area contributed by atoms with Gasteiger partial charge in [0.25, 0.3) is 5.91 Å². The normalized spacial score (nSPS) is 22.4. The Balaban J connectivity index is 1.61. The van der Waals surface area contributed by atoms with E-state index in [2.05, 4.69) is 18.3 Å². The maximum Gasteiger partial charge on any atom is 0.271 e. The summed E-state index contributed by atoms with van der Waals surface area (Å²) in [6, 6.07) is 5.68. The Kier molecular flexibility index (Phi) is 7.78. The van der Waals surface area contributed by atoms with Crippen molar-refractivity contribution in [1.29, 1.82) is 0 Å². The molecule has 0 bridgehead atoms. The Morgan fingerprint density at radius 1 is 1.22 bits per heavy atom. The van der Waals surface area contributed by atoms with E-state index in [4.69, 9.17) is 14.8 Å². The summed E-state index contributed by atoms with van der Waals surface area (Å²) >= 11 is 0. The SMILES string of the molecule is CCC1=CC2C(N=C1c1ccc(F)cc1)C(OC(C)C)=C(C(=O)NC1CCN(C(=O)CO)CC1)N2C. The summed E-state index contributed by atoms with van der Waals surface area (Å²) < 4.78 is 19.8. The minimum atomic E-state index is -0.499. The van der Waals surface area contributed by atoms with E-state index in [0.717, 1.165) is 23.3 Å². The van der Waals surface area contributed by atoms with E-state index in [0.29, 0.717) is 37.4 Å². The Hall–Kier alpha value is -3.20. The predicted octanol–water partition coefficient (Wildman–Crippen LogP) is 2.38. The molecule has 0 spiro atoms. The minimum Gasteiger partial charge on any atom is -0.491 e. The second-order valence-electron chi connectivity index (χ2n) is 9.74. The third kappa shape index (κ3) is 5.16. The van der Waals surface area contributed by atoms with E-state index in [9.17, 15) is 14.0 Å². The minimum absolute atomic E-state index is 0.0795. The molecule has 1 aromatic rings. The zero-order chi connectivity index (χ0) is 26.0. The number of aliphatic hydroxyl groups is 1. The summed E-state index contributed by atoms with van der Waals surface area (Å²) in [5.74, 6) is -0.277. The number of nitrogens with zero attached hydrogens (tertiary/aromatic N) is 3. The van der Waals surface area contributed by atoms with Crippen LogP contribution < -0.4 is 5.32 Å². The standard InChI is InChI=1S/C27H35FN4O4/c1-5-17-14-21-24(30-23(17)18-6-8-19(28)9-7-18)26(36-16(2)3)25(31(21)4)27(35)29-20-10-12-32(13-11-20)22(34)15-33/h6-9,14,16,20-21,24,33H,5,10-13,15H2,1-4H3,(H,29,35). The van der Waals surface area contributed by atoms with E-state index in [-0.39, 0.29) is 35.8 Å². The van der Waals surface area contributed by atoms with E-state index in [1.54, 1.807) is 17.0 Å². The number of allylic oxidation sites excluding steroid dienone is 1. The van der Waals surface area contributed by atoms with Gasteiger partial charge < -0.3 is 25.0 Å². The molecule has 8 nitrogen and oxygen atoms in total. The zero-order valence-corrected chi connectivity index (χ0v) is 21.3. The van der Waals surface area contributed by atoms with Gasteiger partial charge in [0, 0.05) is 31.7 Å². The Bertz CT molecular complexity index is 1090. The Morgan fingerprint density at radius 2 is 1.89 bits per heavy atom. The van der Waals surface area contributed by atoms with Crippen molar-refractivity contribution in [2.24, 2.45) is 4.99 Å². The molecule has 1 aromatic carbocycles. The fraction of sp³-hybridized carbons (Fsp3) is 0.519. The van der Waals surface area contributed by atoms with E-state index in [1.165, 1.54) is 12.1 Å². The lowest BCUT2D eigenvalue weighted by Gasteiger charge is -2.33. The molecule has 3 aliphatic rings. The van der Waals surface area contributed by atoms with Crippen molar-refractivity contribution < 1.29 is 23.8 Å². The molecule has 0 radical (unpaired) electrons. The average Bonchev–Trinajstić information content (AvgIpc) is 3.13. The highest BCUT2D eigenvalue weighted by Gasteiger charge is 2.45. The van der Waals surface area contributed by atoms with Gasteiger partial charge in [0.2, 0.25) is 5.91 Å². The summed E-state index contributed by atoms with van der Waals surface area (Å²) in [5.41, 5.74) is 3.13. The van der Waals surface area contributed by atoms with Crippen molar-refractivity contribution in [3.8, 4) is 0 Å². The number of carbonyl (C=O) groups is 2. The molecule has 2 amide bonds. The van der Waals surface area contributed by atoms with Gasteiger partial charge >= 0.3 is 0 Å². The van der Waals surface area contributed by atoms with Crippen molar-refractivity contribution in [3.63, 3.8) is 0 Å². The predicted molar refractivity (Wildman–Crippen MR) is 135 cm³/mol. The van der Waals surface area contributed by atoms with Crippen LogP contribution in [0.5, 0.6) is 0 Å². The van der Waals surface area contributed by atoms with E-state index in [1.807, 2.05) is 25.8 Å². The van der Waals surface area contributed by atoms with Gasteiger partial charge in [-0.15, -0.1) is 0 Å². The van der Waals surface area contributed by atoms with Gasteiger partial charge in [-0.05, 0) is 62.9 Å². The quantitative estimate of drug-likeness (QED) is 0.602. The highest BCUT2D eigenvalue weighted by molar-refractivity contribution is 6.13. The molecule has 2 atom stereocenters. The second kappa shape index (κ2) is 10.8. The van der Waals surface area contributed by atoms with Crippen molar-refractivity contribution >= 4 is 17.5 Å². The molecule has 3 heterocycles. The molecule has 2 unspecified atom stereocenters. The highest BCUT2D eigenvalue weighted by Crippen LogP contribution is 2.37. The molecule has 1 fully saturated rings. The number of piperidine rings is 1. The van der Waals surface area contributed by atoms with Gasteiger partial charge in [-0.25, -0.2) is 4.39 Å². The van der Waals surface area contributed by atoms with Gasteiger partial charge in [0.1, 0.15) is 24.2 Å². The molecule has 3 aliphatic heterocycles.